The minimum absolute atomic E-state index is 0.671. The Kier molecular flexibility index (Phi) is 4.82. The molecule has 0 aromatic carbocycles. The predicted molar refractivity (Wildman–Crippen MR) is 40.3 cm³/mol. The summed E-state index contributed by atoms with van der Waals surface area (Å²) in [5.41, 5.74) is 0. The number of esters is 1. The van der Waals surface area contributed by atoms with Crippen LogP contribution >= 0.6 is 7.82 Å². The molecule has 3 N–H and O–H groups in total. The van der Waals surface area contributed by atoms with Crippen LogP contribution in [0.2, 0.25) is 0 Å². The summed E-state index contributed by atoms with van der Waals surface area (Å²) in [4.78, 5) is 26.7. The number of hydrogen-bond acceptors (Lipinski definition) is 5. The van der Waals surface area contributed by atoms with Gasteiger partial charge in [0, 0.05) is 6.08 Å². The summed E-state index contributed by atoms with van der Waals surface area (Å²) < 4.78 is 18.1. The molecule has 8 heteroatoms. The molecule has 0 fully saturated rings. The molecule has 1 unspecified atom stereocenters. The van der Waals surface area contributed by atoms with Crippen LogP contribution in [0.1, 0.15) is 0 Å². The van der Waals surface area contributed by atoms with E-state index in [-0.39, 0.29) is 0 Å². The van der Waals surface area contributed by atoms with Gasteiger partial charge in [0.05, 0.1) is 0 Å². The second-order valence-electron chi connectivity index (χ2n) is 1.88. The van der Waals surface area contributed by atoms with Crippen molar-refractivity contribution in [1.29, 1.82) is 0 Å². The monoisotopic (exact) mass is 212 g/mol. The third-order valence-corrected chi connectivity index (χ3v) is 1.31. The molecule has 0 saturated heterocycles. The third-order valence-electron chi connectivity index (χ3n) is 0.794. The highest BCUT2D eigenvalue weighted by atomic mass is 31.2. The molecule has 0 aromatic rings. The van der Waals surface area contributed by atoms with Gasteiger partial charge in [-0.1, -0.05) is 6.58 Å². The van der Waals surface area contributed by atoms with Crippen molar-refractivity contribution in [3.05, 3.63) is 12.7 Å². The van der Waals surface area contributed by atoms with Crippen molar-refractivity contribution < 1.29 is 33.5 Å². The van der Waals surface area contributed by atoms with E-state index in [0.29, 0.717) is 0 Å². The molecule has 0 aliphatic carbocycles. The Balaban J connectivity index is 3.76. The average molecular weight is 212 g/mol. The smallest absolute Gasteiger partial charge is 0.457 e. The van der Waals surface area contributed by atoms with Gasteiger partial charge in [0.25, 0.3) is 0 Å². The predicted octanol–water partition coefficient (Wildman–Crippen LogP) is -0.857. The molecule has 0 amide bonds. The largest absolute Gasteiger partial charge is 0.472 e. The first-order valence-electron chi connectivity index (χ1n) is 3.06. The van der Waals surface area contributed by atoms with Gasteiger partial charge in [-0.25, -0.2) is 9.36 Å². The lowest BCUT2D eigenvalue weighted by Gasteiger charge is -2.11. The fraction of sp³-hybridized carbons (Fsp3) is 0.400. The van der Waals surface area contributed by atoms with Crippen LogP contribution in [-0.4, -0.2) is 33.8 Å². The molecular formula is C5H9O7P. The quantitative estimate of drug-likeness (QED) is 0.235. The van der Waals surface area contributed by atoms with Crippen molar-refractivity contribution in [3.63, 3.8) is 0 Å². The lowest BCUT2D eigenvalue weighted by molar-refractivity contribution is -0.149. The average Bonchev–Trinajstić information content (AvgIpc) is 1.97. The van der Waals surface area contributed by atoms with Gasteiger partial charge in [-0.3, -0.25) is 4.52 Å². The molecule has 0 rings (SSSR count). The zero-order valence-electron chi connectivity index (χ0n) is 6.49. The van der Waals surface area contributed by atoms with Crippen LogP contribution in [0.15, 0.2) is 12.7 Å². The number of carbonyl (C=O) groups excluding carboxylic acids is 1. The number of carbonyl (C=O) groups is 1. The SMILES string of the molecule is C=CC(=O)OCC(O)OP(=O)(O)O. The number of ether oxygens (including phenoxy) is 1. The van der Waals surface area contributed by atoms with E-state index in [4.69, 9.17) is 14.9 Å². The summed E-state index contributed by atoms with van der Waals surface area (Å²) in [5.74, 6) is -0.826. The first-order valence-corrected chi connectivity index (χ1v) is 4.59. The van der Waals surface area contributed by atoms with Gasteiger partial charge in [-0.05, 0) is 0 Å². The first-order chi connectivity index (χ1) is 5.85. The fourth-order valence-electron chi connectivity index (χ4n) is 0.401. The Morgan fingerprint density at radius 2 is 2.15 bits per heavy atom. The van der Waals surface area contributed by atoms with Crippen LogP contribution in [-0.2, 0) is 18.6 Å². The molecular weight excluding hydrogens is 203 g/mol. The summed E-state index contributed by atoms with van der Waals surface area (Å²) in [5, 5.41) is 8.70. The van der Waals surface area contributed by atoms with E-state index in [2.05, 4.69) is 15.8 Å². The van der Waals surface area contributed by atoms with Crippen LogP contribution < -0.4 is 0 Å². The van der Waals surface area contributed by atoms with Crippen molar-refractivity contribution >= 4 is 13.8 Å². The van der Waals surface area contributed by atoms with Crippen molar-refractivity contribution in [1.82, 2.24) is 0 Å². The molecule has 0 aliphatic rings. The minimum atomic E-state index is -4.76. The van der Waals surface area contributed by atoms with Gasteiger partial charge in [0.1, 0.15) is 6.61 Å². The number of aliphatic hydroxyl groups excluding tert-OH is 1. The van der Waals surface area contributed by atoms with E-state index in [1.165, 1.54) is 0 Å². The molecule has 0 bridgehead atoms. The maximum Gasteiger partial charge on any atom is 0.472 e. The zero-order chi connectivity index (χ0) is 10.5. The molecule has 1 atom stereocenters. The second kappa shape index (κ2) is 5.11. The minimum Gasteiger partial charge on any atom is -0.457 e. The van der Waals surface area contributed by atoms with Crippen molar-refractivity contribution in [2.24, 2.45) is 0 Å². The summed E-state index contributed by atoms with van der Waals surface area (Å²) in [6, 6.07) is 0. The van der Waals surface area contributed by atoms with Gasteiger partial charge < -0.3 is 19.6 Å². The van der Waals surface area contributed by atoms with Gasteiger partial charge in [-0.15, -0.1) is 0 Å². The van der Waals surface area contributed by atoms with Crippen LogP contribution in [0.3, 0.4) is 0 Å². The van der Waals surface area contributed by atoms with E-state index in [1.807, 2.05) is 0 Å². The normalized spacial score (nSPS) is 13.5. The highest BCUT2D eigenvalue weighted by molar-refractivity contribution is 7.46. The Morgan fingerprint density at radius 3 is 2.54 bits per heavy atom. The summed E-state index contributed by atoms with van der Waals surface area (Å²) in [6.45, 7) is 2.39. The summed E-state index contributed by atoms with van der Waals surface area (Å²) >= 11 is 0. The van der Waals surface area contributed by atoms with Crippen LogP contribution in [0.5, 0.6) is 0 Å². The van der Waals surface area contributed by atoms with Crippen LogP contribution in [0, 0.1) is 0 Å². The maximum atomic E-state index is 10.4. The van der Waals surface area contributed by atoms with Crippen molar-refractivity contribution in [2.45, 2.75) is 6.29 Å². The number of phosphoric ester groups is 1. The first kappa shape index (κ1) is 12.3. The fourth-order valence-corrected chi connectivity index (χ4v) is 0.779. The summed E-state index contributed by atoms with van der Waals surface area (Å²) in [6.07, 6.45) is -1.02. The molecule has 0 heterocycles. The standard InChI is InChI=1S/C5H9O7P/c1-2-4(6)11-3-5(7)12-13(8,9)10/h2,5,7H,1,3H2,(H2,8,9,10). The Morgan fingerprint density at radius 1 is 1.62 bits per heavy atom. The molecule has 13 heavy (non-hydrogen) atoms. The van der Waals surface area contributed by atoms with Crippen LogP contribution in [0.25, 0.3) is 0 Å². The number of phosphoric acid groups is 1. The number of aliphatic hydroxyl groups is 1. The lowest BCUT2D eigenvalue weighted by atomic mass is 10.6. The van der Waals surface area contributed by atoms with Crippen molar-refractivity contribution in [3.8, 4) is 0 Å². The van der Waals surface area contributed by atoms with Gasteiger partial charge >= 0.3 is 13.8 Å². The van der Waals surface area contributed by atoms with Crippen LogP contribution in [0.4, 0.5) is 0 Å². The second-order valence-corrected chi connectivity index (χ2v) is 3.08. The van der Waals surface area contributed by atoms with Crippen molar-refractivity contribution in [2.75, 3.05) is 6.61 Å². The maximum absolute atomic E-state index is 10.4. The third kappa shape index (κ3) is 7.63. The molecule has 0 aromatic heterocycles. The number of rotatable bonds is 5. The topological polar surface area (TPSA) is 113 Å². The Labute approximate surface area is 73.8 Å². The zero-order valence-corrected chi connectivity index (χ0v) is 7.39. The molecule has 0 saturated carbocycles. The Hall–Kier alpha value is -0.720. The molecule has 0 radical (unpaired) electrons. The van der Waals surface area contributed by atoms with E-state index >= 15 is 0 Å². The number of hydrogen-bond donors (Lipinski definition) is 3. The highest BCUT2D eigenvalue weighted by Crippen LogP contribution is 2.36. The van der Waals surface area contributed by atoms with Gasteiger partial charge in [-0.2, -0.15) is 0 Å². The molecule has 76 valence electrons. The van der Waals surface area contributed by atoms with E-state index in [0.717, 1.165) is 6.08 Å². The Bertz CT molecular complexity index is 231. The van der Waals surface area contributed by atoms with E-state index < -0.39 is 26.7 Å². The molecule has 0 spiro atoms. The van der Waals surface area contributed by atoms with Gasteiger partial charge in [0.2, 0.25) is 6.29 Å². The summed E-state index contributed by atoms with van der Waals surface area (Å²) in [7, 11) is -4.76. The molecule has 7 nitrogen and oxygen atoms in total. The molecule has 0 aliphatic heterocycles. The lowest BCUT2D eigenvalue weighted by Crippen LogP contribution is -2.19. The van der Waals surface area contributed by atoms with Gasteiger partial charge in [0.15, 0.2) is 0 Å². The van der Waals surface area contributed by atoms with E-state index in [1.54, 1.807) is 0 Å². The van der Waals surface area contributed by atoms with E-state index in [9.17, 15) is 9.36 Å². The highest BCUT2D eigenvalue weighted by Gasteiger charge is 2.20.